The molecule has 0 saturated heterocycles. The van der Waals surface area contributed by atoms with E-state index in [1.807, 2.05) is 31.2 Å². The molecule has 0 saturated carbocycles. The third-order valence-corrected chi connectivity index (χ3v) is 3.85. The van der Waals surface area contributed by atoms with Gasteiger partial charge in [0.25, 0.3) is 5.56 Å². The molecule has 0 unspecified atom stereocenters. The van der Waals surface area contributed by atoms with Gasteiger partial charge in [-0.2, -0.15) is 9.78 Å². The molecule has 2 aromatic carbocycles. The number of carboxylic acid groups (broad SMARTS) is 1. The molecule has 0 bridgehead atoms. The number of aryl methyl sites for hydroxylation is 1. The van der Waals surface area contributed by atoms with Crippen LogP contribution in [0.4, 0.5) is 0 Å². The molecule has 0 spiro atoms. The summed E-state index contributed by atoms with van der Waals surface area (Å²) >= 11 is 0. The van der Waals surface area contributed by atoms with Gasteiger partial charge in [-0.05, 0) is 37.1 Å². The van der Waals surface area contributed by atoms with Crippen LogP contribution in [-0.2, 0) is 0 Å². The molecule has 0 amide bonds. The van der Waals surface area contributed by atoms with Gasteiger partial charge in [0.05, 0.1) is 11.3 Å². The Morgan fingerprint density at radius 1 is 1.04 bits per heavy atom. The van der Waals surface area contributed by atoms with Gasteiger partial charge in [-0.25, -0.2) is 4.79 Å². The van der Waals surface area contributed by atoms with Crippen molar-refractivity contribution in [2.24, 2.45) is 0 Å². The van der Waals surface area contributed by atoms with E-state index in [-0.39, 0.29) is 11.3 Å². The lowest BCUT2D eigenvalue weighted by molar-refractivity contribution is 0.0687. The first-order chi connectivity index (χ1) is 11.5. The summed E-state index contributed by atoms with van der Waals surface area (Å²) in [6.45, 7) is 3.54. The SMILES string of the molecule is Cc1cccc(-c2c(C)c(C(=O)O)nn(-c3ccccc3)c2=O)c1. The lowest BCUT2D eigenvalue weighted by Gasteiger charge is -2.13. The van der Waals surface area contributed by atoms with Crippen LogP contribution >= 0.6 is 0 Å². The Hall–Kier alpha value is -3.21. The predicted octanol–water partition coefficient (Wildman–Crippen LogP) is 3.21. The molecule has 5 heteroatoms. The highest BCUT2D eigenvalue weighted by molar-refractivity contribution is 5.89. The molecule has 1 aromatic heterocycles. The smallest absolute Gasteiger partial charge is 0.356 e. The van der Waals surface area contributed by atoms with Crippen molar-refractivity contribution in [1.29, 1.82) is 0 Å². The Kier molecular flexibility index (Phi) is 4.00. The minimum Gasteiger partial charge on any atom is -0.476 e. The largest absolute Gasteiger partial charge is 0.476 e. The number of aromatic carboxylic acids is 1. The topological polar surface area (TPSA) is 72.2 Å². The van der Waals surface area contributed by atoms with Crippen LogP contribution in [0.25, 0.3) is 16.8 Å². The van der Waals surface area contributed by atoms with Crippen LogP contribution in [0.15, 0.2) is 59.4 Å². The van der Waals surface area contributed by atoms with E-state index >= 15 is 0 Å². The van der Waals surface area contributed by atoms with Crippen LogP contribution in [0.1, 0.15) is 21.6 Å². The van der Waals surface area contributed by atoms with Crippen molar-refractivity contribution in [3.63, 3.8) is 0 Å². The quantitative estimate of drug-likeness (QED) is 0.804. The van der Waals surface area contributed by atoms with Crippen LogP contribution in [0.3, 0.4) is 0 Å². The molecule has 0 atom stereocenters. The van der Waals surface area contributed by atoms with Crippen molar-refractivity contribution < 1.29 is 9.90 Å². The van der Waals surface area contributed by atoms with Gasteiger partial charge in [-0.15, -0.1) is 0 Å². The fourth-order valence-corrected chi connectivity index (χ4v) is 2.69. The minimum atomic E-state index is -1.16. The van der Waals surface area contributed by atoms with Gasteiger partial charge in [0, 0.05) is 0 Å². The maximum Gasteiger partial charge on any atom is 0.356 e. The van der Waals surface area contributed by atoms with Crippen molar-refractivity contribution in [3.8, 4) is 16.8 Å². The molecule has 3 rings (SSSR count). The van der Waals surface area contributed by atoms with Crippen LogP contribution in [0.2, 0.25) is 0 Å². The lowest BCUT2D eigenvalue weighted by atomic mass is 9.99. The summed E-state index contributed by atoms with van der Waals surface area (Å²) in [5, 5.41) is 13.5. The second-order valence-electron chi connectivity index (χ2n) is 5.58. The van der Waals surface area contributed by atoms with Crippen molar-refractivity contribution in [1.82, 2.24) is 9.78 Å². The summed E-state index contributed by atoms with van der Waals surface area (Å²) in [4.78, 5) is 24.6. The summed E-state index contributed by atoms with van der Waals surface area (Å²) in [5.74, 6) is -1.16. The van der Waals surface area contributed by atoms with E-state index in [2.05, 4.69) is 5.10 Å². The molecule has 0 fully saturated rings. The molecular formula is C19H16N2O3. The highest BCUT2D eigenvalue weighted by Crippen LogP contribution is 2.23. The van der Waals surface area contributed by atoms with Crippen LogP contribution < -0.4 is 5.56 Å². The van der Waals surface area contributed by atoms with Crippen LogP contribution in [0.5, 0.6) is 0 Å². The number of nitrogens with zero attached hydrogens (tertiary/aromatic N) is 2. The summed E-state index contributed by atoms with van der Waals surface area (Å²) in [5.41, 5.74) is 2.46. The van der Waals surface area contributed by atoms with E-state index in [9.17, 15) is 14.7 Å². The summed E-state index contributed by atoms with van der Waals surface area (Å²) in [6.07, 6.45) is 0. The van der Waals surface area contributed by atoms with E-state index in [1.54, 1.807) is 37.3 Å². The van der Waals surface area contributed by atoms with Crippen molar-refractivity contribution in [2.45, 2.75) is 13.8 Å². The first kappa shape index (κ1) is 15.7. The number of aromatic nitrogens is 2. The molecule has 0 aliphatic carbocycles. The normalized spacial score (nSPS) is 10.6. The Morgan fingerprint density at radius 3 is 2.38 bits per heavy atom. The third-order valence-electron chi connectivity index (χ3n) is 3.85. The first-order valence-corrected chi connectivity index (χ1v) is 7.48. The summed E-state index contributed by atoms with van der Waals surface area (Å²) in [7, 11) is 0. The van der Waals surface area contributed by atoms with Crippen molar-refractivity contribution in [2.75, 3.05) is 0 Å². The highest BCUT2D eigenvalue weighted by Gasteiger charge is 2.20. The number of carbonyl (C=O) groups is 1. The number of para-hydroxylation sites is 1. The maximum atomic E-state index is 13.0. The third kappa shape index (κ3) is 2.72. The fourth-order valence-electron chi connectivity index (χ4n) is 2.69. The molecule has 0 aliphatic heterocycles. The Labute approximate surface area is 138 Å². The van der Waals surface area contributed by atoms with Gasteiger partial charge in [0.1, 0.15) is 0 Å². The highest BCUT2D eigenvalue weighted by atomic mass is 16.4. The second kappa shape index (κ2) is 6.12. The predicted molar refractivity (Wildman–Crippen MR) is 91.7 cm³/mol. The van der Waals surface area contributed by atoms with E-state index in [1.165, 1.54) is 0 Å². The molecule has 3 aromatic rings. The van der Waals surface area contributed by atoms with Gasteiger partial charge in [-0.1, -0.05) is 48.0 Å². The summed E-state index contributed by atoms with van der Waals surface area (Å²) < 4.78 is 1.15. The number of rotatable bonds is 3. The van der Waals surface area contributed by atoms with Gasteiger partial charge < -0.3 is 5.11 Å². The standard InChI is InChI=1S/C19H16N2O3/c1-12-7-6-8-14(11-12)16-13(2)17(19(23)24)20-21(18(16)22)15-9-4-3-5-10-15/h3-11H,1-2H3,(H,23,24). The average Bonchev–Trinajstić information content (AvgIpc) is 2.55. The maximum absolute atomic E-state index is 13.0. The molecule has 5 nitrogen and oxygen atoms in total. The Balaban J connectivity index is 2.38. The monoisotopic (exact) mass is 320 g/mol. The molecule has 120 valence electrons. The zero-order valence-corrected chi connectivity index (χ0v) is 13.4. The molecular weight excluding hydrogens is 304 g/mol. The van der Waals surface area contributed by atoms with Crippen molar-refractivity contribution >= 4 is 5.97 Å². The van der Waals surface area contributed by atoms with Crippen LogP contribution in [0, 0.1) is 13.8 Å². The lowest BCUT2D eigenvalue weighted by Crippen LogP contribution is -2.27. The second-order valence-corrected chi connectivity index (χ2v) is 5.58. The van der Waals surface area contributed by atoms with Gasteiger partial charge in [0.15, 0.2) is 5.69 Å². The molecule has 1 N–H and O–H groups in total. The number of carboxylic acids is 1. The first-order valence-electron chi connectivity index (χ1n) is 7.48. The van der Waals surface area contributed by atoms with E-state index < -0.39 is 5.97 Å². The van der Waals surface area contributed by atoms with Gasteiger partial charge in [0.2, 0.25) is 0 Å². The molecule has 0 radical (unpaired) electrons. The van der Waals surface area contributed by atoms with Gasteiger partial charge >= 0.3 is 5.97 Å². The number of benzene rings is 2. The van der Waals surface area contributed by atoms with Crippen molar-refractivity contribution in [3.05, 3.63) is 81.8 Å². The van der Waals surface area contributed by atoms with Gasteiger partial charge in [-0.3, -0.25) is 4.79 Å². The van der Waals surface area contributed by atoms with Crippen LogP contribution in [-0.4, -0.2) is 20.9 Å². The average molecular weight is 320 g/mol. The number of hydrogen-bond acceptors (Lipinski definition) is 3. The summed E-state index contributed by atoms with van der Waals surface area (Å²) in [6, 6.07) is 16.2. The zero-order valence-electron chi connectivity index (χ0n) is 13.4. The molecule has 24 heavy (non-hydrogen) atoms. The molecule has 1 heterocycles. The van der Waals surface area contributed by atoms with E-state index in [4.69, 9.17) is 0 Å². The Morgan fingerprint density at radius 2 is 1.75 bits per heavy atom. The number of hydrogen-bond donors (Lipinski definition) is 1. The molecule has 0 aliphatic rings. The fraction of sp³-hybridized carbons (Fsp3) is 0.105. The zero-order chi connectivity index (χ0) is 17.3. The minimum absolute atomic E-state index is 0.130. The van der Waals surface area contributed by atoms with E-state index in [0.717, 1.165) is 10.2 Å². The van der Waals surface area contributed by atoms with E-state index in [0.29, 0.717) is 22.4 Å². The Bertz CT molecular complexity index is 976.